The van der Waals surface area contributed by atoms with E-state index in [1.807, 2.05) is 0 Å². The smallest absolute Gasteiger partial charge is 0.327 e. The van der Waals surface area contributed by atoms with Crippen molar-refractivity contribution >= 4 is 11.2 Å². The van der Waals surface area contributed by atoms with Gasteiger partial charge in [-0.1, -0.05) is 0 Å². The summed E-state index contributed by atoms with van der Waals surface area (Å²) in [7, 11) is 0. The van der Waals surface area contributed by atoms with Gasteiger partial charge in [-0.2, -0.15) is 0 Å². The average molecular weight is 223 g/mol. The molecule has 2 rings (SSSR count). The van der Waals surface area contributed by atoms with Crippen molar-refractivity contribution in [3.8, 4) is 0 Å². The van der Waals surface area contributed by atoms with Crippen LogP contribution in [-0.2, 0) is 6.42 Å². The van der Waals surface area contributed by atoms with Gasteiger partial charge in [0.1, 0.15) is 11.3 Å². The second-order valence-electron chi connectivity index (χ2n) is 3.56. The fourth-order valence-corrected chi connectivity index (χ4v) is 1.54. The number of nitrogens with two attached hydrogens (primary N) is 1. The molecule has 2 aromatic rings. The third kappa shape index (κ3) is 2.03. The van der Waals surface area contributed by atoms with Crippen molar-refractivity contribution in [3.63, 3.8) is 0 Å². The lowest BCUT2D eigenvalue weighted by atomic mass is 10.2. The second-order valence-corrected chi connectivity index (χ2v) is 3.56. The quantitative estimate of drug-likeness (QED) is 0.508. The van der Waals surface area contributed by atoms with Gasteiger partial charge in [0, 0.05) is 6.42 Å². The van der Waals surface area contributed by atoms with Crippen molar-refractivity contribution in [2.75, 3.05) is 6.54 Å². The lowest BCUT2D eigenvalue weighted by Crippen LogP contribution is -2.21. The third-order valence-electron chi connectivity index (χ3n) is 2.31. The Morgan fingerprint density at radius 2 is 1.94 bits per heavy atom. The molecule has 0 unspecified atom stereocenters. The highest BCUT2D eigenvalue weighted by Crippen LogP contribution is 2.04. The number of nitrogens with one attached hydrogen (secondary N) is 3. The van der Waals surface area contributed by atoms with Crippen molar-refractivity contribution in [3.05, 3.63) is 26.7 Å². The van der Waals surface area contributed by atoms with Crippen LogP contribution >= 0.6 is 0 Å². The first-order valence-electron chi connectivity index (χ1n) is 5.12. The van der Waals surface area contributed by atoms with Crippen LogP contribution in [0.4, 0.5) is 0 Å². The monoisotopic (exact) mass is 223 g/mol. The minimum absolute atomic E-state index is 0.302. The Kier molecular flexibility index (Phi) is 2.86. The Bertz CT molecular complexity index is 594. The first-order chi connectivity index (χ1) is 7.70. The molecule has 0 amide bonds. The molecular formula is C9H13N5O2. The van der Waals surface area contributed by atoms with Crippen LogP contribution < -0.4 is 17.0 Å². The highest BCUT2D eigenvalue weighted by atomic mass is 16.2. The molecule has 7 heteroatoms. The van der Waals surface area contributed by atoms with Crippen molar-refractivity contribution < 1.29 is 0 Å². The largest absolute Gasteiger partial charge is 0.336 e. The molecule has 2 heterocycles. The van der Waals surface area contributed by atoms with Gasteiger partial charge in [0.25, 0.3) is 5.56 Å². The Hall–Kier alpha value is -1.89. The maximum absolute atomic E-state index is 11.4. The highest BCUT2D eigenvalue weighted by molar-refractivity contribution is 5.68. The summed E-state index contributed by atoms with van der Waals surface area (Å²) in [5.41, 5.74) is 5.00. The van der Waals surface area contributed by atoms with Gasteiger partial charge in [0.2, 0.25) is 0 Å². The van der Waals surface area contributed by atoms with Crippen LogP contribution in [0.5, 0.6) is 0 Å². The van der Waals surface area contributed by atoms with Gasteiger partial charge in [-0.15, -0.1) is 0 Å². The molecule has 0 atom stereocenters. The van der Waals surface area contributed by atoms with E-state index in [0.717, 1.165) is 12.8 Å². The molecule has 0 aliphatic carbocycles. The number of hydrogen-bond donors (Lipinski definition) is 4. The zero-order valence-electron chi connectivity index (χ0n) is 8.67. The van der Waals surface area contributed by atoms with Gasteiger partial charge in [0.15, 0.2) is 5.65 Å². The predicted molar refractivity (Wildman–Crippen MR) is 59.3 cm³/mol. The van der Waals surface area contributed by atoms with Gasteiger partial charge >= 0.3 is 5.69 Å². The lowest BCUT2D eigenvalue weighted by molar-refractivity contribution is 0.724. The van der Waals surface area contributed by atoms with Crippen molar-refractivity contribution in [2.24, 2.45) is 5.73 Å². The minimum Gasteiger partial charge on any atom is -0.336 e. The summed E-state index contributed by atoms with van der Waals surface area (Å²) in [6.45, 7) is 0.637. The van der Waals surface area contributed by atoms with E-state index >= 15 is 0 Å². The molecule has 0 saturated heterocycles. The molecule has 86 valence electrons. The maximum atomic E-state index is 11.4. The van der Waals surface area contributed by atoms with Gasteiger partial charge < -0.3 is 10.7 Å². The number of fused-ring (bicyclic) bond motifs is 1. The van der Waals surface area contributed by atoms with Crippen LogP contribution in [0.1, 0.15) is 18.7 Å². The second kappa shape index (κ2) is 4.31. The highest BCUT2D eigenvalue weighted by Gasteiger charge is 2.06. The van der Waals surface area contributed by atoms with Gasteiger partial charge in [0.05, 0.1) is 0 Å². The molecule has 0 aliphatic heterocycles. The number of aromatic nitrogens is 4. The number of nitrogens with zero attached hydrogens (tertiary/aromatic N) is 1. The van der Waals surface area contributed by atoms with E-state index in [2.05, 4.69) is 19.9 Å². The summed E-state index contributed by atoms with van der Waals surface area (Å²) in [5.74, 6) is 0.691. The fraction of sp³-hybridized carbons (Fsp3) is 0.444. The van der Waals surface area contributed by atoms with Gasteiger partial charge in [-0.3, -0.25) is 14.8 Å². The Labute approximate surface area is 90.1 Å². The number of imidazole rings is 1. The number of rotatable bonds is 4. The van der Waals surface area contributed by atoms with E-state index in [1.165, 1.54) is 0 Å². The summed E-state index contributed by atoms with van der Waals surface area (Å²) < 4.78 is 0. The summed E-state index contributed by atoms with van der Waals surface area (Å²) in [4.78, 5) is 34.0. The molecule has 0 saturated carbocycles. The van der Waals surface area contributed by atoms with E-state index in [4.69, 9.17) is 5.73 Å². The van der Waals surface area contributed by atoms with E-state index < -0.39 is 11.2 Å². The Morgan fingerprint density at radius 3 is 2.69 bits per heavy atom. The van der Waals surface area contributed by atoms with Gasteiger partial charge in [-0.25, -0.2) is 9.78 Å². The van der Waals surface area contributed by atoms with E-state index in [0.29, 0.717) is 30.0 Å². The molecule has 0 aromatic carbocycles. The first-order valence-corrected chi connectivity index (χ1v) is 5.12. The molecule has 0 radical (unpaired) electrons. The first kappa shape index (κ1) is 10.6. The van der Waals surface area contributed by atoms with Crippen LogP contribution in [-0.4, -0.2) is 26.5 Å². The van der Waals surface area contributed by atoms with E-state index in [1.54, 1.807) is 0 Å². The van der Waals surface area contributed by atoms with Crippen molar-refractivity contribution in [1.29, 1.82) is 0 Å². The third-order valence-corrected chi connectivity index (χ3v) is 2.31. The summed E-state index contributed by atoms with van der Waals surface area (Å²) in [5, 5.41) is 0. The standard InChI is InChI=1S/C9H13N5O2/c10-4-2-1-3-5-11-6-7(12-5)13-9(16)14-8(6)15/h1-4,10H2,(H3,11,12,13,14,15,16). The number of hydrogen-bond acceptors (Lipinski definition) is 4. The van der Waals surface area contributed by atoms with Crippen LogP contribution in [0.15, 0.2) is 9.59 Å². The van der Waals surface area contributed by atoms with Crippen LogP contribution in [0.25, 0.3) is 11.2 Å². The van der Waals surface area contributed by atoms with Crippen LogP contribution in [0.3, 0.4) is 0 Å². The van der Waals surface area contributed by atoms with E-state index in [-0.39, 0.29) is 0 Å². The summed E-state index contributed by atoms with van der Waals surface area (Å²) in [6, 6.07) is 0. The number of H-pyrrole nitrogens is 3. The normalized spacial score (nSPS) is 11.1. The SMILES string of the molecule is NCCCCc1nc2[nH]c(=O)[nH]c(=O)c2[nH]1. The van der Waals surface area contributed by atoms with Crippen molar-refractivity contribution in [1.82, 2.24) is 19.9 Å². The number of aryl methyl sites for hydroxylation is 1. The lowest BCUT2D eigenvalue weighted by Gasteiger charge is -1.93. The fourth-order valence-electron chi connectivity index (χ4n) is 1.54. The van der Waals surface area contributed by atoms with Crippen molar-refractivity contribution in [2.45, 2.75) is 19.3 Å². The average Bonchev–Trinajstić information content (AvgIpc) is 2.61. The maximum Gasteiger partial charge on any atom is 0.327 e. The Balaban J connectivity index is 2.33. The molecule has 2 aromatic heterocycles. The summed E-state index contributed by atoms with van der Waals surface area (Å²) >= 11 is 0. The summed E-state index contributed by atoms with van der Waals surface area (Å²) in [6.07, 6.45) is 2.52. The molecular weight excluding hydrogens is 210 g/mol. The van der Waals surface area contributed by atoms with Gasteiger partial charge in [-0.05, 0) is 19.4 Å². The van der Waals surface area contributed by atoms with E-state index in [9.17, 15) is 9.59 Å². The molecule has 0 aliphatic rings. The number of aromatic amines is 3. The topological polar surface area (TPSA) is 120 Å². The molecule has 0 fully saturated rings. The Morgan fingerprint density at radius 1 is 1.12 bits per heavy atom. The zero-order chi connectivity index (χ0) is 11.5. The molecule has 7 nitrogen and oxygen atoms in total. The molecule has 0 bridgehead atoms. The minimum atomic E-state index is -0.544. The van der Waals surface area contributed by atoms with Crippen LogP contribution in [0, 0.1) is 0 Å². The zero-order valence-corrected chi connectivity index (χ0v) is 8.67. The van der Waals surface area contributed by atoms with Crippen LogP contribution in [0.2, 0.25) is 0 Å². The molecule has 5 N–H and O–H groups in total. The molecule has 16 heavy (non-hydrogen) atoms. The predicted octanol–water partition coefficient (Wildman–Crippen LogP) is -0.779. The number of unbranched alkanes of at least 4 members (excludes halogenated alkanes) is 1. The molecule has 0 spiro atoms.